The van der Waals surface area contributed by atoms with Gasteiger partial charge in [0, 0.05) is 19.1 Å². The first-order valence-electron chi connectivity index (χ1n) is 6.79. The molecule has 2 N–H and O–H groups in total. The van der Waals surface area contributed by atoms with Crippen LogP contribution in [0.25, 0.3) is 0 Å². The normalized spacial score (nSPS) is 23.0. The van der Waals surface area contributed by atoms with Crippen molar-refractivity contribution < 1.29 is 8.42 Å². The van der Waals surface area contributed by atoms with Gasteiger partial charge in [0.1, 0.15) is 4.90 Å². The summed E-state index contributed by atoms with van der Waals surface area (Å²) in [7, 11) is -2.15. The Kier molecular flexibility index (Phi) is 4.89. The highest BCUT2D eigenvalue weighted by molar-refractivity contribution is 7.89. The number of benzene rings is 1. The second-order valence-corrected chi connectivity index (χ2v) is 7.72. The predicted octanol–water partition coefficient (Wildman–Crippen LogP) is 2.10. The molecule has 5 nitrogen and oxygen atoms in total. The van der Waals surface area contributed by atoms with Gasteiger partial charge in [-0.05, 0) is 43.9 Å². The molecule has 1 fully saturated rings. The Bertz CT molecular complexity index is 661. The van der Waals surface area contributed by atoms with Crippen LogP contribution in [0.3, 0.4) is 0 Å². The highest BCUT2D eigenvalue weighted by Crippen LogP contribution is 2.30. The first-order valence-corrected chi connectivity index (χ1v) is 8.61. The molecular formula is C14H18ClN3O2S. The minimum atomic E-state index is -3.71. The fraction of sp³-hybridized carbons (Fsp3) is 0.500. The molecule has 0 aromatic heterocycles. The lowest BCUT2D eigenvalue weighted by molar-refractivity contribution is 0.268. The molecule has 1 aliphatic carbocycles. The van der Waals surface area contributed by atoms with E-state index in [1.165, 1.54) is 22.5 Å². The van der Waals surface area contributed by atoms with Crippen LogP contribution in [0.4, 0.5) is 0 Å². The minimum Gasteiger partial charge on any atom is -0.328 e. The third-order valence-electron chi connectivity index (χ3n) is 3.97. The highest BCUT2D eigenvalue weighted by atomic mass is 35.5. The van der Waals surface area contributed by atoms with Gasteiger partial charge in [-0.2, -0.15) is 9.57 Å². The Labute approximate surface area is 130 Å². The van der Waals surface area contributed by atoms with Crippen molar-refractivity contribution in [3.63, 3.8) is 0 Å². The first kappa shape index (κ1) is 16.2. The molecule has 0 aliphatic heterocycles. The van der Waals surface area contributed by atoms with E-state index in [2.05, 4.69) is 0 Å². The van der Waals surface area contributed by atoms with Crippen LogP contribution in [-0.2, 0) is 10.0 Å². The van der Waals surface area contributed by atoms with Crippen molar-refractivity contribution in [1.82, 2.24) is 4.31 Å². The number of halogens is 1. The molecule has 21 heavy (non-hydrogen) atoms. The second-order valence-electron chi connectivity index (χ2n) is 5.35. The summed E-state index contributed by atoms with van der Waals surface area (Å²) < 4.78 is 26.8. The molecule has 0 spiro atoms. The molecule has 1 aromatic carbocycles. The Morgan fingerprint density at radius 3 is 2.52 bits per heavy atom. The van der Waals surface area contributed by atoms with E-state index in [1.54, 1.807) is 7.05 Å². The van der Waals surface area contributed by atoms with Crippen LogP contribution in [0.5, 0.6) is 0 Å². The van der Waals surface area contributed by atoms with E-state index < -0.39 is 10.0 Å². The van der Waals surface area contributed by atoms with E-state index >= 15 is 0 Å². The molecule has 0 saturated heterocycles. The Balaban J connectivity index is 2.31. The van der Waals surface area contributed by atoms with Gasteiger partial charge in [-0.15, -0.1) is 0 Å². The molecule has 114 valence electrons. The van der Waals surface area contributed by atoms with Gasteiger partial charge in [0.25, 0.3) is 0 Å². The quantitative estimate of drug-likeness (QED) is 0.921. The number of nitrogens with zero attached hydrogens (tertiary/aromatic N) is 2. The Morgan fingerprint density at radius 2 is 1.95 bits per heavy atom. The van der Waals surface area contributed by atoms with Crippen molar-refractivity contribution in [3.05, 3.63) is 28.8 Å². The Morgan fingerprint density at radius 1 is 1.33 bits per heavy atom. The number of sulfonamides is 1. The molecule has 0 unspecified atom stereocenters. The largest absolute Gasteiger partial charge is 0.328 e. The summed E-state index contributed by atoms with van der Waals surface area (Å²) in [6.07, 6.45) is 3.12. The van der Waals surface area contributed by atoms with Gasteiger partial charge in [-0.1, -0.05) is 11.6 Å². The number of nitrogens with two attached hydrogens (primary N) is 1. The van der Waals surface area contributed by atoms with Crippen LogP contribution in [0.1, 0.15) is 31.2 Å². The van der Waals surface area contributed by atoms with Crippen LogP contribution in [0.2, 0.25) is 5.02 Å². The summed E-state index contributed by atoms with van der Waals surface area (Å²) in [5, 5.41) is 9.05. The summed E-state index contributed by atoms with van der Waals surface area (Å²) in [6, 6.07) is 6.28. The van der Waals surface area contributed by atoms with E-state index in [0.29, 0.717) is 0 Å². The van der Waals surface area contributed by atoms with Gasteiger partial charge in [0.05, 0.1) is 16.7 Å². The predicted molar refractivity (Wildman–Crippen MR) is 81.3 cm³/mol. The lowest BCUT2D eigenvalue weighted by atomic mass is 9.92. The lowest BCUT2D eigenvalue weighted by Gasteiger charge is -2.32. The zero-order valence-corrected chi connectivity index (χ0v) is 13.4. The molecule has 1 aromatic rings. The van der Waals surface area contributed by atoms with Gasteiger partial charge < -0.3 is 5.73 Å². The van der Waals surface area contributed by atoms with E-state index in [9.17, 15) is 8.42 Å². The lowest BCUT2D eigenvalue weighted by Crippen LogP contribution is -2.41. The van der Waals surface area contributed by atoms with Gasteiger partial charge in [-0.3, -0.25) is 0 Å². The molecular weight excluding hydrogens is 310 g/mol. The van der Waals surface area contributed by atoms with Crippen molar-refractivity contribution in [2.24, 2.45) is 5.73 Å². The molecule has 0 amide bonds. The summed E-state index contributed by atoms with van der Waals surface area (Å²) in [5.74, 6) is 0. The summed E-state index contributed by atoms with van der Waals surface area (Å²) >= 11 is 6.01. The molecule has 0 radical (unpaired) electrons. The zero-order chi connectivity index (χ0) is 15.6. The molecule has 1 saturated carbocycles. The molecule has 0 bridgehead atoms. The number of hydrogen-bond donors (Lipinski definition) is 1. The van der Waals surface area contributed by atoms with Crippen LogP contribution < -0.4 is 5.73 Å². The SMILES string of the molecule is CN(C1CCC(N)CC1)S(=O)(=O)c1cc(C#N)ccc1Cl. The topological polar surface area (TPSA) is 87.2 Å². The summed E-state index contributed by atoms with van der Waals surface area (Å²) in [5.41, 5.74) is 6.13. The van der Waals surface area contributed by atoms with Gasteiger partial charge >= 0.3 is 0 Å². The van der Waals surface area contributed by atoms with Crippen LogP contribution in [-0.4, -0.2) is 31.9 Å². The minimum absolute atomic E-state index is 0.0133. The third kappa shape index (κ3) is 3.38. The third-order valence-corrected chi connectivity index (χ3v) is 6.36. The van der Waals surface area contributed by atoms with Crippen LogP contribution in [0.15, 0.2) is 23.1 Å². The Hall–Kier alpha value is -1.13. The molecule has 2 rings (SSSR count). The zero-order valence-electron chi connectivity index (χ0n) is 11.8. The van der Waals surface area contributed by atoms with E-state index in [4.69, 9.17) is 22.6 Å². The molecule has 7 heteroatoms. The van der Waals surface area contributed by atoms with Crippen molar-refractivity contribution in [1.29, 1.82) is 5.26 Å². The number of nitriles is 1. The van der Waals surface area contributed by atoms with Crippen LogP contribution in [0, 0.1) is 11.3 Å². The fourth-order valence-corrected chi connectivity index (χ4v) is 4.50. The highest BCUT2D eigenvalue weighted by Gasteiger charge is 2.32. The van der Waals surface area contributed by atoms with E-state index in [-0.39, 0.29) is 27.6 Å². The maximum Gasteiger partial charge on any atom is 0.244 e. The maximum absolute atomic E-state index is 12.7. The smallest absolute Gasteiger partial charge is 0.244 e. The fourth-order valence-electron chi connectivity index (χ4n) is 2.59. The standard InChI is InChI=1S/C14H18ClN3O2S/c1-18(12-5-3-11(17)4-6-12)21(19,20)14-8-10(9-16)2-7-13(14)15/h2,7-8,11-12H,3-6,17H2,1H3. The number of rotatable bonds is 3. The molecule has 0 atom stereocenters. The van der Waals surface area contributed by atoms with E-state index in [0.717, 1.165) is 25.7 Å². The summed E-state index contributed by atoms with van der Waals surface area (Å²) in [6.45, 7) is 0. The number of hydrogen-bond acceptors (Lipinski definition) is 4. The van der Waals surface area contributed by atoms with E-state index in [1.807, 2.05) is 6.07 Å². The van der Waals surface area contributed by atoms with Gasteiger partial charge in [0.2, 0.25) is 10.0 Å². The average Bonchev–Trinajstić information content (AvgIpc) is 2.47. The molecule has 0 heterocycles. The van der Waals surface area contributed by atoms with Gasteiger partial charge in [0.15, 0.2) is 0 Å². The first-order chi connectivity index (χ1) is 9.86. The van der Waals surface area contributed by atoms with Crippen molar-refractivity contribution in [2.75, 3.05) is 7.05 Å². The van der Waals surface area contributed by atoms with Crippen molar-refractivity contribution in [2.45, 2.75) is 42.7 Å². The monoisotopic (exact) mass is 327 g/mol. The van der Waals surface area contributed by atoms with Crippen molar-refractivity contribution in [3.8, 4) is 6.07 Å². The molecule has 1 aliphatic rings. The summed E-state index contributed by atoms with van der Waals surface area (Å²) in [4.78, 5) is -0.0133. The second kappa shape index (κ2) is 6.32. The van der Waals surface area contributed by atoms with Crippen LogP contribution >= 0.6 is 11.6 Å². The maximum atomic E-state index is 12.7. The van der Waals surface area contributed by atoms with Gasteiger partial charge in [-0.25, -0.2) is 8.42 Å². The van der Waals surface area contributed by atoms with Crippen molar-refractivity contribution >= 4 is 21.6 Å². The average molecular weight is 328 g/mol.